The minimum absolute atomic E-state index is 0.306. The van der Waals surface area contributed by atoms with Crippen molar-refractivity contribution in [2.75, 3.05) is 0 Å². The Morgan fingerprint density at radius 2 is 1.56 bits per heavy atom. The van der Waals surface area contributed by atoms with Crippen LogP contribution in [0.5, 0.6) is 5.75 Å². The third-order valence-corrected chi connectivity index (χ3v) is 4.46. The molecule has 2 aromatic carbocycles. The van der Waals surface area contributed by atoms with Crippen molar-refractivity contribution in [2.24, 2.45) is 5.92 Å². The van der Waals surface area contributed by atoms with E-state index in [-0.39, 0.29) is 6.42 Å². The highest BCUT2D eigenvalue weighted by Gasteiger charge is 2.20. The van der Waals surface area contributed by atoms with Crippen LogP contribution in [-0.2, 0) is 22.6 Å². The number of aryl methyl sites for hydroxylation is 1. The van der Waals surface area contributed by atoms with Gasteiger partial charge in [-0.25, -0.2) is 0 Å². The molecule has 1 atom stereocenters. The number of carboxylic acids is 2. The minimum atomic E-state index is -1.06. The van der Waals surface area contributed by atoms with Crippen LogP contribution in [0.1, 0.15) is 43.2 Å². The number of hydrogen-bond acceptors (Lipinski definition) is 3. The van der Waals surface area contributed by atoms with Crippen molar-refractivity contribution in [1.29, 1.82) is 0 Å². The zero-order valence-electron chi connectivity index (χ0n) is 15.3. The average molecular weight is 370 g/mol. The highest BCUT2D eigenvalue weighted by molar-refractivity contribution is 5.77. The van der Waals surface area contributed by atoms with Crippen molar-refractivity contribution >= 4 is 11.9 Å². The van der Waals surface area contributed by atoms with Gasteiger partial charge in [-0.2, -0.15) is 0 Å². The van der Waals surface area contributed by atoms with Gasteiger partial charge in [0.05, 0.1) is 12.3 Å². The van der Waals surface area contributed by atoms with Gasteiger partial charge in [0.15, 0.2) is 0 Å². The molecule has 0 bridgehead atoms. The van der Waals surface area contributed by atoms with Crippen LogP contribution in [0.2, 0.25) is 0 Å². The summed E-state index contributed by atoms with van der Waals surface area (Å²) in [5, 5.41) is 17.8. The molecule has 2 rings (SSSR count). The summed E-state index contributed by atoms with van der Waals surface area (Å²) in [5.41, 5.74) is 2.34. The van der Waals surface area contributed by atoms with Crippen LogP contribution in [-0.4, -0.2) is 22.2 Å². The maximum absolute atomic E-state index is 11.0. The molecular formula is C22H26O5. The van der Waals surface area contributed by atoms with Crippen LogP contribution in [0.3, 0.4) is 0 Å². The molecule has 27 heavy (non-hydrogen) atoms. The van der Waals surface area contributed by atoms with Gasteiger partial charge in [-0.15, -0.1) is 0 Å². The largest absolute Gasteiger partial charge is 0.489 e. The monoisotopic (exact) mass is 370 g/mol. The lowest BCUT2D eigenvalue weighted by Gasteiger charge is -2.10. The topological polar surface area (TPSA) is 83.8 Å². The molecule has 0 amide bonds. The van der Waals surface area contributed by atoms with Gasteiger partial charge in [-0.3, -0.25) is 9.59 Å². The zero-order valence-corrected chi connectivity index (χ0v) is 15.3. The maximum atomic E-state index is 11.0. The van der Waals surface area contributed by atoms with E-state index in [2.05, 4.69) is 0 Å². The molecule has 2 N–H and O–H groups in total. The Bertz CT molecular complexity index is 709. The highest BCUT2D eigenvalue weighted by atomic mass is 16.5. The van der Waals surface area contributed by atoms with Crippen LogP contribution >= 0.6 is 0 Å². The summed E-state index contributed by atoms with van der Waals surface area (Å²) in [5.74, 6) is -2.04. The summed E-state index contributed by atoms with van der Waals surface area (Å²) in [6, 6.07) is 18.0. The van der Waals surface area contributed by atoms with Crippen LogP contribution < -0.4 is 4.74 Å². The summed E-state index contributed by atoms with van der Waals surface area (Å²) >= 11 is 0. The second kappa shape index (κ2) is 11.0. The van der Waals surface area contributed by atoms with Gasteiger partial charge >= 0.3 is 11.9 Å². The molecule has 0 aliphatic carbocycles. The molecule has 5 heteroatoms. The second-order valence-electron chi connectivity index (χ2n) is 6.65. The van der Waals surface area contributed by atoms with Gasteiger partial charge in [0.2, 0.25) is 0 Å². The molecule has 5 nitrogen and oxygen atoms in total. The van der Waals surface area contributed by atoms with Crippen LogP contribution in [0, 0.1) is 5.92 Å². The molecule has 0 spiro atoms. The van der Waals surface area contributed by atoms with Gasteiger partial charge in [-0.05, 0) is 42.5 Å². The lowest BCUT2D eigenvalue weighted by Crippen LogP contribution is -2.17. The standard InChI is InChI=1S/C22H26O5/c23-21(24)15-19(22(25)26)10-6-2-3-7-17-11-13-20(14-12-17)27-16-18-8-4-1-5-9-18/h1,4-5,8-9,11-14,19H,2-3,6-7,10,15-16H2,(H,23,24)(H,25,26)/t19-/m1/s1. The van der Waals surface area contributed by atoms with E-state index in [0.29, 0.717) is 13.0 Å². The third kappa shape index (κ3) is 7.94. The fourth-order valence-electron chi connectivity index (χ4n) is 2.91. The van der Waals surface area contributed by atoms with E-state index < -0.39 is 17.9 Å². The van der Waals surface area contributed by atoms with Crippen molar-refractivity contribution < 1.29 is 24.5 Å². The predicted octanol–water partition coefficient (Wildman–Crippen LogP) is 4.54. The minimum Gasteiger partial charge on any atom is -0.489 e. The van der Waals surface area contributed by atoms with Gasteiger partial charge in [0.1, 0.15) is 12.4 Å². The molecule has 2 aromatic rings. The number of unbranched alkanes of at least 4 members (excludes halogenated alkanes) is 2. The number of hydrogen-bond donors (Lipinski definition) is 2. The van der Waals surface area contributed by atoms with E-state index >= 15 is 0 Å². The molecule has 0 radical (unpaired) electrons. The molecule has 0 fully saturated rings. The van der Waals surface area contributed by atoms with Crippen molar-refractivity contribution in [3.63, 3.8) is 0 Å². The molecule has 0 aromatic heterocycles. The summed E-state index contributed by atoms with van der Waals surface area (Å²) < 4.78 is 5.77. The second-order valence-corrected chi connectivity index (χ2v) is 6.65. The fourth-order valence-corrected chi connectivity index (χ4v) is 2.91. The SMILES string of the molecule is O=C(O)C[C@@H](CCCCCc1ccc(OCc2ccccc2)cc1)C(=O)O. The number of benzene rings is 2. The van der Waals surface area contributed by atoms with E-state index in [0.717, 1.165) is 37.0 Å². The van der Waals surface area contributed by atoms with Crippen LogP contribution in [0.15, 0.2) is 54.6 Å². The van der Waals surface area contributed by atoms with Crippen molar-refractivity contribution in [3.8, 4) is 5.75 Å². The smallest absolute Gasteiger partial charge is 0.307 e. The van der Waals surface area contributed by atoms with E-state index in [1.165, 1.54) is 5.56 Å². The number of ether oxygens (including phenoxy) is 1. The van der Waals surface area contributed by atoms with Gasteiger partial charge in [0, 0.05) is 0 Å². The predicted molar refractivity (Wildman–Crippen MR) is 103 cm³/mol. The van der Waals surface area contributed by atoms with E-state index in [1.807, 2.05) is 54.6 Å². The molecule has 144 valence electrons. The summed E-state index contributed by atoms with van der Waals surface area (Å²) in [6.45, 7) is 0.543. The van der Waals surface area contributed by atoms with Crippen molar-refractivity contribution in [2.45, 2.75) is 45.1 Å². The lowest BCUT2D eigenvalue weighted by molar-refractivity contribution is -0.148. The molecular weight excluding hydrogens is 344 g/mol. The first kappa shape index (κ1) is 20.5. The van der Waals surface area contributed by atoms with Crippen LogP contribution in [0.4, 0.5) is 0 Å². The maximum Gasteiger partial charge on any atom is 0.307 e. The summed E-state index contributed by atoms with van der Waals surface area (Å²) in [6.07, 6.45) is 3.57. The molecule has 0 aliphatic heterocycles. The quantitative estimate of drug-likeness (QED) is 0.536. The number of aliphatic carboxylic acids is 2. The first-order chi connectivity index (χ1) is 13.0. The van der Waals surface area contributed by atoms with Gasteiger partial charge < -0.3 is 14.9 Å². The Kier molecular flexibility index (Phi) is 8.36. The first-order valence-corrected chi connectivity index (χ1v) is 9.25. The van der Waals surface area contributed by atoms with Crippen molar-refractivity contribution in [3.05, 3.63) is 65.7 Å². The van der Waals surface area contributed by atoms with E-state index in [9.17, 15) is 9.59 Å². The Morgan fingerprint density at radius 3 is 2.19 bits per heavy atom. The molecule has 0 unspecified atom stereocenters. The van der Waals surface area contributed by atoms with E-state index in [4.69, 9.17) is 14.9 Å². The normalized spacial score (nSPS) is 11.7. The van der Waals surface area contributed by atoms with Crippen LogP contribution in [0.25, 0.3) is 0 Å². The van der Waals surface area contributed by atoms with Gasteiger partial charge in [-0.1, -0.05) is 55.3 Å². The Balaban J connectivity index is 1.66. The summed E-state index contributed by atoms with van der Waals surface area (Å²) in [4.78, 5) is 21.7. The first-order valence-electron chi connectivity index (χ1n) is 9.25. The lowest BCUT2D eigenvalue weighted by atomic mass is 9.97. The zero-order chi connectivity index (χ0) is 19.5. The van der Waals surface area contributed by atoms with Gasteiger partial charge in [0.25, 0.3) is 0 Å². The average Bonchev–Trinajstić information content (AvgIpc) is 2.66. The Hall–Kier alpha value is -2.82. The summed E-state index contributed by atoms with van der Waals surface area (Å²) in [7, 11) is 0. The fraction of sp³-hybridized carbons (Fsp3) is 0.364. The van der Waals surface area contributed by atoms with E-state index in [1.54, 1.807) is 0 Å². The molecule has 0 saturated carbocycles. The molecule has 0 saturated heterocycles. The Labute approximate surface area is 159 Å². The third-order valence-electron chi connectivity index (χ3n) is 4.46. The number of carbonyl (C=O) groups is 2. The highest BCUT2D eigenvalue weighted by Crippen LogP contribution is 2.18. The van der Waals surface area contributed by atoms with Crippen molar-refractivity contribution in [1.82, 2.24) is 0 Å². The molecule has 0 heterocycles. The Morgan fingerprint density at radius 1 is 0.852 bits per heavy atom. The molecule has 0 aliphatic rings. The number of rotatable bonds is 12. The number of carboxylic acid groups (broad SMARTS) is 2.